The first kappa shape index (κ1) is 19.1. The number of carbonyl (C=O) groups excluding carboxylic acids is 2. The summed E-state index contributed by atoms with van der Waals surface area (Å²) < 4.78 is 11.5. The summed E-state index contributed by atoms with van der Waals surface area (Å²) in [6, 6.07) is 17.2. The van der Waals surface area contributed by atoms with Crippen molar-refractivity contribution in [3.05, 3.63) is 77.3 Å². The van der Waals surface area contributed by atoms with Crippen molar-refractivity contribution >= 4 is 35.3 Å². The van der Waals surface area contributed by atoms with E-state index in [1.807, 2.05) is 47.4 Å². The molecule has 5 nitrogen and oxygen atoms in total. The summed E-state index contributed by atoms with van der Waals surface area (Å²) in [4.78, 5) is 27.3. The van der Waals surface area contributed by atoms with Gasteiger partial charge >= 0.3 is 17.8 Å². The average Bonchev–Trinajstić information content (AvgIpc) is 2.89. The van der Waals surface area contributed by atoms with Crippen molar-refractivity contribution < 1.29 is 19.1 Å². The molecule has 1 atom stereocenters. The first-order valence-corrected chi connectivity index (χ1v) is 10.2. The maximum Gasteiger partial charge on any atom is 0.335 e. The van der Waals surface area contributed by atoms with Gasteiger partial charge in [0.25, 0.3) is 0 Å². The molecule has 2 heterocycles. The van der Waals surface area contributed by atoms with E-state index in [2.05, 4.69) is 0 Å². The highest BCUT2D eigenvalue weighted by Gasteiger charge is 2.56. The molecule has 1 spiro atoms. The minimum atomic E-state index is -1.46. The first-order chi connectivity index (χ1) is 13.5. The SMILES string of the molecule is O=C1C=CC(=O)OC2(O1)C(Sc1ccc(Cl)cc1)CCN2Cc1ccccc1. The molecule has 1 unspecified atom stereocenters. The van der Waals surface area contributed by atoms with Gasteiger partial charge in [0.05, 0.1) is 0 Å². The quantitative estimate of drug-likeness (QED) is 0.703. The van der Waals surface area contributed by atoms with E-state index in [-0.39, 0.29) is 5.25 Å². The third-order valence-corrected chi connectivity index (χ3v) is 6.28. The van der Waals surface area contributed by atoms with Gasteiger partial charge in [-0.05, 0) is 36.2 Å². The van der Waals surface area contributed by atoms with Crippen molar-refractivity contribution in [2.24, 2.45) is 0 Å². The maximum atomic E-state index is 12.2. The number of benzene rings is 2. The fourth-order valence-corrected chi connectivity index (χ4v) is 4.76. The molecule has 0 radical (unpaired) electrons. The Morgan fingerprint density at radius 2 is 1.64 bits per heavy atom. The lowest BCUT2D eigenvalue weighted by atomic mass is 10.2. The van der Waals surface area contributed by atoms with Crippen LogP contribution < -0.4 is 0 Å². The molecule has 2 aromatic carbocycles. The molecule has 4 rings (SSSR count). The number of ether oxygens (including phenoxy) is 2. The topological polar surface area (TPSA) is 55.8 Å². The van der Waals surface area contributed by atoms with Crippen LogP contribution in [0.5, 0.6) is 0 Å². The smallest absolute Gasteiger partial charge is 0.335 e. The molecule has 2 aliphatic rings. The molecule has 7 heteroatoms. The molecule has 0 bridgehead atoms. The normalized spacial score (nSPS) is 21.4. The van der Waals surface area contributed by atoms with E-state index in [4.69, 9.17) is 21.1 Å². The van der Waals surface area contributed by atoms with Crippen LogP contribution in [-0.4, -0.2) is 34.5 Å². The van der Waals surface area contributed by atoms with E-state index in [9.17, 15) is 9.59 Å². The second-order valence-electron chi connectivity index (χ2n) is 6.56. The molecule has 1 fully saturated rings. The highest BCUT2D eigenvalue weighted by atomic mass is 35.5. The van der Waals surface area contributed by atoms with Crippen LogP contribution in [0.3, 0.4) is 0 Å². The van der Waals surface area contributed by atoms with E-state index in [1.165, 1.54) is 11.8 Å². The Bertz CT molecular complexity index is 880. The van der Waals surface area contributed by atoms with Gasteiger partial charge in [0.1, 0.15) is 5.25 Å². The zero-order chi connectivity index (χ0) is 19.6. The molecule has 28 heavy (non-hydrogen) atoms. The molecule has 0 amide bonds. The largest absolute Gasteiger partial charge is 0.404 e. The van der Waals surface area contributed by atoms with Gasteiger partial charge in [-0.25, -0.2) is 14.5 Å². The third kappa shape index (κ3) is 3.94. The fourth-order valence-electron chi connectivity index (χ4n) is 3.39. The van der Waals surface area contributed by atoms with Crippen molar-refractivity contribution in [2.75, 3.05) is 6.54 Å². The molecule has 2 aromatic rings. The number of likely N-dealkylation sites (tertiary alicyclic amines) is 1. The van der Waals surface area contributed by atoms with Gasteiger partial charge in [-0.1, -0.05) is 41.9 Å². The minimum absolute atomic E-state index is 0.273. The summed E-state index contributed by atoms with van der Waals surface area (Å²) in [6.07, 6.45) is 2.92. The Morgan fingerprint density at radius 1 is 1.00 bits per heavy atom. The lowest BCUT2D eigenvalue weighted by Crippen LogP contribution is -2.54. The van der Waals surface area contributed by atoms with Crippen molar-refractivity contribution in [1.29, 1.82) is 0 Å². The predicted molar refractivity (Wildman–Crippen MR) is 107 cm³/mol. The Morgan fingerprint density at radius 3 is 2.29 bits per heavy atom. The molecule has 0 aromatic heterocycles. The van der Waals surface area contributed by atoms with Crippen molar-refractivity contribution in [3.63, 3.8) is 0 Å². The lowest BCUT2D eigenvalue weighted by molar-refractivity contribution is -0.268. The Hall–Kier alpha value is -2.28. The van der Waals surface area contributed by atoms with Crippen LogP contribution in [-0.2, 0) is 25.6 Å². The summed E-state index contributed by atoms with van der Waals surface area (Å²) in [5.74, 6) is -2.64. The molecular weight excluding hydrogens is 398 g/mol. The second-order valence-corrected chi connectivity index (χ2v) is 8.28. The van der Waals surface area contributed by atoms with Crippen molar-refractivity contribution in [2.45, 2.75) is 29.0 Å². The molecule has 2 aliphatic heterocycles. The van der Waals surface area contributed by atoms with E-state index in [1.54, 1.807) is 12.1 Å². The van der Waals surface area contributed by atoms with Gasteiger partial charge in [0, 0.05) is 35.2 Å². The zero-order valence-corrected chi connectivity index (χ0v) is 16.5. The molecule has 144 valence electrons. The van der Waals surface area contributed by atoms with Gasteiger partial charge < -0.3 is 9.47 Å². The van der Waals surface area contributed by atoms with E-state index in [0.29, 0.717) is 24.5 Å². The summed E-state index contributed by atoms with van der Waals surface area (Å²) >= 11 is 7.49. The number of nitrogens with zero attached hydrogens (tertiary/aromatic N) is 1. The molecule has 0 aliphatic carbocycles. The Kier molecular flexibility index (Phi) is 5.44. The number of halogens is 1. The summed E-state index contributed by atoms with van der Waals surface area (Å²) in [5.41, 5.74) is 1.04. The first-order valence-electron chi connectivity index (χ1n) is 8.90. The highest BCUT2D eigenvalue weighted by molar-refractivity contribution is 8.00. The average molecular weight is 416 g/mol. The van der Waals surface area contributed by atoms with Crippen LogP contribution in [0.15, 0.2) is 71.6 Å². The number of esters is 2. The number of rotatable bonds is 4. The fraction of sp³-hybridized carbons (Fsp3) is 0.238. The van der Waals surface area contributed by atoms with Crippen molar-refractivity contribution in [1.82, 2.24) is 4.90 Å². The Balaban J connectivity index is 1.66. The molecular formula is C21H18ClNO4S. The highest BCUT2D eigenvalue weighted by Crippen LogP contribution is 2.44. The summed E-state index contributed by atoms with van der Waals surface area (Å²) in [6.45, 7) is 1.12. The van der Waals surface area contributed by atoms with Gasteiger partial charge in [0.15, 0.2) is 0 Å². The Labute approximate surface area is 172 Å². The van der Waals surface area contributed by atoms with E-state index >= 15 is 0 Å². The molecule has 0 N–H and O–H groups in total. The zero-order valence-electron chi connectivity index (χ0n) is 14.9. The van der Waals surface area contributed by atoms with E-state index < -0.39 is 17.8 Å². The van der Waals surface area contributed by atoms with Crippen LogP contribution in [0.2, 0.25) is 5.02 Å². The number of carbonyl (C=O) groups is 2. The maximum absolute atomic E-state index is 12.2. The number of hydrogen-bond acceptors (Lipinski definition) is 6. The third-order valence-electron chi connectivity index (χ3n) is 4.67. The summed E-state index contributed by atoms with van der Waals surface area (Å²) in [5, 5.41) is 0.373. The van der Waals surface area contributed by atoms with Crippen LogP contribution >= 0.6 is 23.4 Å². The van der Waals surface area contributed by atoms with E-state index in [0.717, 1.165) is 22.6 Å². The van der Waals surface area contributed by atoms with Gasteiger partial charge in [0.2, 0.25) is 0 Å². The standard InChI is InChI=1S/C21H18ClNO4S/c22-16-6-8-17(9-7-16)28-18-12-13-23(14-15-4-2-1-3-5-15)21(18)26-19(24)10-11-20(25)27-21/h1-11,18H,12-14H2. The van der Waals surface area contributed by atoms with Crippen molar-refractivity contribution in [3.8, 4) is 0 Å². The molecule has 1 saturated heterocycles. The van der Waals surface area contributed by atoms with Crippen LogP contribution in [0.4, 0.5) is 0 Å². The van der Waals surface area contributed by atoms with Gasteiger partial charge in [-0.3, -0.25) is 0 Å². The second kappa shape index (κ2) is 7.99. The van der Waals surface area contributed by atoms with Gasteiger partial charge in [-0.15, -0.1) is 11.8 Å². The number of thioether (sulfide) groups is 1. The van der Waals surface area contributed by atoms with Crippen LogP contribution in [0.1, 0.15) is 12.0 Å². The summed E-state index contributed by atoms with van der Waals surface area (Å²) in [7, 11) is 0. The van der Waals surface area contributed by atoms with Crippen LogP contribution in [0.25, 0.3) is 0 Å². The van der Waals surface area contributed by atoms with Gasteiger partial charge in [-0.2, -0.15) is 0 Å². The number of hydrogen-bond donors (Lipinski definition) is 0. The molecule has 0 saturated carbocycles. The lowest BCUT2D eigenvalue weighted by Gasteiger charge is -2.38. The van der Waals surface area contributed by atoms with Crippen LogP contribution in [0, 0.1) is 0 Å². The minimum Gasteiger partial charge on any atom is -0.404 e. The predicted octanol–water partition coefficient (Wildman–Crippen LogP) is 4.02. The monoisotopic (exact) mass is 415 g/mol.